The Morgan fingerprint density at radius 2 is 2.00 bits per heavy atom. The first-order chi connectivity index (χ1) is 7.70. The van der Waals surface area contributed by atoms with Crippen LogP contribution >= 0.6 is 34.2 Å². The second-order valence-corrected chi connectivity index (χ2v) is 6.92. The normalized spacial score (nSPS) is 11.4. The molecule has 1 rings (SSSR count). The third kappa shape index (κ3) is 4.47. The molecule has 94 valence electrons. The molecule has 0 aliphatic carbocycles. The second kappa shape index (κ2) is 5.57. The highest BCUT2D eigenvalue weighted by atomic mass is 127. The number of hydrogen-bond acceptors (Lipinski definition) is 1. The lowest BCUT2D eigenvalue weighted by atomic mass is 9.96. The molecule has 0 aromatic heterocycles. The molecule has 0 N–H and O–H groups in total. The molecule has 0 saturated heterocycles. The summed E-state index contributed by atoms with van der Waals surface area (Å²) in [5.74, 6) is 0.0122. The van der Waals surface area contributed by atoms with Gasteiger partial charge in [-0.3, -0.25) is 4.79 Å². The SMILES string of the molecule is CN(CC(C)(C)C)C(=O)c1ccc(I)c(Cl)c1. The van der Waals surface area contributed by atoms with Crippen LogP contribution in [0.5, 0.6) is 0 Å². The highest BCUT2D eigenvalue weighted by Crippen LogP contribution is 2.21. The number of carbonyl (C=O) groups excluding carboxylic acids is 1. The van der Waals surface area contributed by atoms with Crippen LogP contribution in [0.2, 0.25) is 5.02 Å². The van der Waals surface area contributed by atoms with Crippen LogP contribution in [0.25, 0.3) is 0 Å². The van der Waals surface area contributed by atoms with Gasteiger partial charge in [-0.25, -0.2) is 0 Å². The maximum atomic E-state index is 12.2. The van der Waals surface area contributed by atoms with E-state index >= 15 is 0 Å². The molecule has 0 fully saturated rings. The van der Waals surface area contributed by atoms with Crippen molar-refractivity contribution in [3.63, 3.8) is 0 Å². The summed E-state index contributed by atoms with van der Waals surface area (Å²) >= 11 is 8.16. The monoisotopic (exact) mass is 365 g/mol. The molecule has 0 unspecified atom stereocenters. The number of hydrogen-bond donors (Lipinski definition) is 0. The van der Waals surface area contributed by atoms with Gasteiger partial charge in [0.1, 0.15) is 0 Å². The molecule has 0 bridgehead atoms. The van der Waals surface area contributed by atoms with E-state index in [9.17, 15) is 4.79 Å². The molecule has 4 heteroatoms. The summed E-state index contributed by atoms with van der Waals surface area (Å²) in [6.07, 6.45) is 0. The van der Waals surface area contributed by atoms with Crippen molar-refractivity contribution in [3.8, 4) is 0 Å². The summed E-state index contributed by atoms with van der Waals surface area (Å²) in [7, 11) is 1.82. The Labute approximate surface area is 121 Å². The molecule has 17 heavy (non-hydrogen) atoms. The number of halogens is 2. The van der Waals surface area contributed by atoms with Crippen LogP contribution in [-0.4, -0.2) is 24.4 Å². The lowest BCUT2D eigenvalue weighted by Gasteiger charge is -2.26. The van der Waals surface area contributed by atoms with Crippen molar-refractivity contribution in [2.75, 3.05) is 13.6 Å². The van der Waals surface area contributed by atoms with Gasteiger partial charge in [-0.15, -0.1) is 0 Å². The summed E-state index contributed by atoms with van der Waals surface area (Å²) in [5, 5.41) is 0.626. The van der Waals surface area contributed by atoms with Crippen LogP contribution in [0.1, 0.15) is 31.1 Å². The highest BCUT2D eigenvalue weighted by Gasteiger charge is 2.19. The molecule has 0 atom stereocenters. The number of amides is 1. The van der Waals surface area contributed by atoms with Crippen molar-refractivity contribution in [3.05, 3.63) is 32.4 Å². The molecular weight excluding hydrogens is 349 g/mol. The zero-order valence-electron chi connectivity index (χ0n) is 10.6. The Bertz CT molecular complexity index is 426. The van der Waals surface area contributed by atoms with Crippen molar-refractivity contribution in [1.82, 2.24) is 4.90 Å². The van der Waals surface area contributed by atoms with Crippen molar-refractivity contribution >= 4 is 40.1 Å². The maximum Gasteiger partial charge on any atom is 0.253 e. The standard InChI is InChI=1S/C13H17ClINO/c1-13(2,3)8-16(4)12(17)9-5-6-11(15)10(14)7-9/h5-7H,8H2,1-4H3. The van der Waals surface area contributed by atoms with E-state index in [0.29, 0.717) is 10.6 Å². The molecule has 1 amide bonds. The molecule has 0 heterocycles. The smallest absolute Gasteiger partial charge is 0.253 e. The van der Waals surface area contributed by atoms with E-state index in [1.165, 1.54) is 0 Å². The summed E-state index contributed by atoms with van der Waals surface area (Å²) in [6.45, 7) is 7.04. The molecular formula is C13H17ClINO. The third-order valence-electron chi connectivity index (χ3n) is 2.22. The highest BCUT2D eigenvalue weighted by molar-refractivity contribution is 14.1. The first-order valence-electron chi connectivity index (χ1n) is 5.41. The van der Waals surface area contributed by atoms with Gasteiger partial charge in [-0.05, 0) is 46.2 Å². The number of nitrogens with zero attached hydrogens (tertiary/aromatic N) is 1. The van der Waals surface area contributed by atoms with E-state index < -0.39 is 0 Å². The topological polar surface area (TPSA) is 20.3 Å². The van der Waals surface area contributed by atoms with Gasteiger partial charge in [0.15, 0.2) is 0 Å². The Morgan fingerprint density at radius 3 is 2.47 bits per heavy atom. The zero-order valence-corrected chi connectivity index (χ0v) is 13.5. The van der Waals surface area contributed by atoms with E-state index in [4.69, 9.17) is 11.6 Å². The Kier molecular flexibility index (Phi) is 4.84. The van der Waals surface area contributed by atoms with Gasteiger partial charge in [-0.2, -0.15) is 0 Å². The lowest BCUT2D eigenvalue weighted by Crippen LogP contribution is -2.34. The molecule has 0 radical (unpaired) electrons. The predicted octanol–water partition coefficient (Wildman–Crippen LogP) is 4.06. The van der Waals surface area contributed by atoms with Gasteiger partial charge < -0.3 is 4.90 Å². The van der Waals surface area contributed by atoms with Crippen LogP contribution in [0, 0.1) is 8.99 Å². The van der Waals surface area contributed by atoms with Crippen molar-refractivity contribution < 1.29 is 4.79 Å². The van der Waals surface area contributed by atoms with Gasteiger partial charge >= 0.3 is 0 Å². The van der Waals surface area contributed by atoms with E-state index in [-0.39, 0.29) is 11.3 Å². The average Bonchev–Trinajstić information content (AvgIpc) is 2.18. The Balaban J connectivity index is 2.85. The summed E-state index contributed by atoms with van der Waals surface area (Å²) in [6, 6.07) is 5.40. The van der Waals surface area contributed by atoms with Crippen LogP contribution in [0.3, 0.4) is 0 Å². The molecule has 0 spiro atoms. The first-order valence-corrected chi connectivity index (χ1v) is 6.87. The van der Waals surface area contributed by atoms with Crippen molar-refractivity contribution in [1.29, 1.82) is 0 Å². The summed E-state index contributed by atoms with van der Waals surface area (Å²) in [5.41, 5.74) is 0.736. The minimum Gasteiger partial charge on any atom is -0.341 e. The fourth-order valence-corrected chi connectivity index (χ4v) is 2.15. The van der Waals surface area contributed by atoms with Crippen LogP contribution in [0.4, 0.5) is 0 Å². The molecule has 0 aliphatic rings. The van der Waals surface area contributed by atoms with E-state index in [1.54, 1.807) is 11.0 Å². The zero-order chi connectivity index (χ0) is 13.2. The number of benzene rings is 1. The largest absolute Gasteiger partial charge is 0.341 e. The Hall–Kier alpha value is -0.290. The summed E-state index contributed by atoms with van der Waals surface area (Å²) < 4.78 is 0.958. The van der Waals surface area contributed by atoms with Gasteiger partial charge in [-0.1, -0.05) is 32.4 Å². The summed E-state index contributed by atoms with van der Waals surface area (Å²) in [4.78, 5) is 13.9. The van der Waals surface area contributed by atoms with E-state index in [2.05, 4.69) is 43.4 Å². The number of carbonyl (C=O) groups is 1. The minimum atomic E-state index is 0.0122. The average molecular weight is 366 g/mol. The van der Waals surface area contributed by atoms with Gasteiger partial charge in [0.05, 0.1) is 5.02 Å². The maximum absolute atomic E-state index is 12.2. The third-order valence-corrected chi connectivity index (χ3v) is 3.80. The quantitative estimate of drug-likeness (QED) is 0.724. The molecule has 2 nitrogen and oxygen atoms in total. The molecule has 1 aromatic carbocycles. The first kappa shape index (κ1) is 14.8. The van der Waals surface area contributed by atoms with Gasteiger partial charge in [0.25, 0.3) is 5.91 Å². The van der Waals surface area contributed by atoms with Gasteiger partial charge in [0.2, 0.25) is 0 Å². The van der Waals surface area contributed by atoms with Crippen LogP contribution in [0.15, 0.2) is 18.2 Å². The predicted molar refractivity (Wildman–Crippen MR) is 80.6 cm³/mol. The number of rotatable bonds is 2. The van der Waals surface area contributed by atoms with Crippen LogP contribution < -0.4 is 0 Å². The Morgan fingerprint density at radius 1 is 1.41 bits per heavy atom. The fraction of sp³-hybridized carbons (Fsp3) is 0.462. The van der Waals surface area contributed by atoms with Gasteiger partial charge in [0, 0.05) is 22.7 Å². The van der Waals surface area contributed by atoms with Crippen molar-refractivity contribution in [2.24, 2.45) is 5.41 Å². The van der Waals surface area contributed by atoms with Crippen molar-refractivity contribution in [2.45, 2.75) is 20.8 Å². The molecule has 0 aliphatic heterocycles. The lowest BCUT2D eigenvalue weighted by molar-refractivity contribution is 0.0745. The second-order valence-electron chi connectivity index (χ2n) is 5.35. The molecule has 1 aromatic rings. The van der Waals surface area contributed by atoms with E-state index in [1.807, 2.05) is 19.2 Å². The van der Waals surface area contributed by atoms with Crippen LogP contribution in [-0.2, 0) is 0 Å². The van der Waals surface area contributed by atoms with E-state index in [0.717, 1.165) is 10.1 Å². The molecule has 0 saturated carbocycles. The fourth-order valence-electron chi connectivity index (χ4n) is 1.63. The minimum absolute atomic E-state index is 0.0122.